The lowest BCUT2D eigenvalue weighted by atomic mass is 10.1. The summed E-state index contributed by atoms with van der Waals surface area (Å²) < 4.78 is 16.1. The van der Waals surface area contributed by atoms with Crippen molar-refractivity contribution in [3.63, 3.8) is 0 Å². The van der Waals surface area contributed by atoms with Gasteiger partial charge in [0.2, 0.25) is 5.91 Å². The number of esters is 1. The molecule has 0 aliphatic carbocycles. The van der Waals surface area contributed by atoms with Gasteiger partial charge in [-0.25, -0.2) is 0 Å². The monoisotopic (exact) mass is 343 g/mol. The Bertz CT molecular complexity index is 708. The van der Waals surface area contributed by atoms with Crippen LogP contribution in [0, 0.1) is 5.92 Å². The van der Waals surface area contributed by atoms with Crippen molar-refractivity contribution in [1.29, 1.82) is 0 Å². The summed E-state index contributed by atoms with van der Waals surface area (Å²) in [7, 11) is 0. The van der Waals surface area contributed by atoms with Gasteiger partial charge in [-0.15, -0.1) is 0 Å². The fourth-order valence-electron chi connectivity index (χ4n) is 2.70. The van der Waals surface area contributed by atoms with E-state index in [1.54, 1.807) is 47.6 Å². The van der Waals surface area contributed by atoms with Gasteiger partial charge >= 0.3 is 5.97 Å². The average molecular weight is 343 g/mol. The molecule has 6 heteroatoms. The summed E-state index contributed by atoms with van der Waals surface area (Å²) in [6, 6.07) is 10.5. The number of amides is 1. The minimum Gasteiger partial charge on any atom is -0.494 e. The molecule has 0 radical (unpaired) electrons. The van der Waals surface area contributed by atoms with Crippen LogP contribution in [-0.4, -0.2) is 29.9 Å². The highest BCUT2D eigenvalue weighted by atomic mass is 16.5. The minimum absolute atomic E-state index is 0.0679. The zero-order valence-electron chi connectivity index (χ0n) is 14.1. The van der Waals surface area contributed by atoms with Crippen LogP contribution in [0.3, 0.4) is 0 Å². The molecule has 0 N–H and O–H groups in total. The quantitative estimate of drug-likeness (QED) is 0.571. The normalized spacial score (nSPS) is 16.9. The Labute approximate surface area is 146 Å². The Kier molecular flexibility index (Phi) is 5.38. The summed E-state index contributed by atoms with van der Waals surface area (Å²) in [5, 5.41) is 0. The van der Waals surface area contributed by atoms with Crippen LogP contribution in [0.4, 0.5) is 0 Å². The van der Waals surface area contributed by atoms with E-state index in [-0.39, 0.29) is 12.3 Å². The van der Waals surface area contributed by atoms with Crippen LogP contribution in [0.1, 0.15) is 25.5 Å². The predicted octanol–water partition coefficient (Wildman–Crippen LogP) is 3.02. The number of rotatable bonds is 7. The average Bonchev–Trinajstić information content (AvgIpc) is 3.25. The van der Waals surface area contributed by atoms with Crippen LogP contribution in [-0.2, 0) is 16.1 Å². The third-order valence-corrected chi connectivity index (χ3v) is 3.99. The minimum atomic E-state index is -0.460. The summed E-state index contributed by atoms with van der Waals surface area (Å²) in [6.07, 6.45) is 2.66. The summed E-state index contributed by atoms with van der Waals surface area (Å²) in [6.45, 7) is 3.40. The number of carbonyl (C=O) groups excluding carboxylic acids is 2. The molecule has 6 nitrogen and oxygen atoms in total. The fraction of sp³-hybridized carbons (Fsp3) is 0.368. The van der Waals surface area contributed by atoms with Crippen molar-refractivity contribution >= 4 is 11.9 Å². The molecule has 1 aromatic heterocycles. The molecule has 0 saturated carbocycles. The summed E-state index contributed by atoms with van der Waals surface area (Å²) in [4.78, 5) is 26.0. The first-order valence-corrected chi connectivity index (χ1v) is 8.40. The highest BCUT2D eigenvalue weighted by molar-refractivity contribution is 5.87. The smallest absolute Gasteiger partial charge is 0.316 e. The van der Waals surface area contributed by atoms with Crippen molar-refractivity contribution < 1.29 is 23.5 Å². The molecule has 1 fully saturated rings. The van der Waals surface area contributed by atoms with E-state index in [2.05, 4.69) is 0 Å². The van der Waals surface area contributed by atoms with Gasteiger partial charge in [0.25, 0.3) is 0 Å². The lowest BCUT2D eigenvalue weighted by Crippen LogP contribution is -2.27. The van der Waals surface area contributed by atoms with Gasteiger partial charge in [0.05, 0.1) is 25.3 Å². The Balaban J connectivity index is 1.54. The molecule has 1 aromatic carbocycles. The first-order valence-electron chi connectivity index (χ1n) is 8.40. The lowest BCUT2D eigenvalue weighted by molar-refractivity contribution is -0.139. The van der Waals surface area contributed by atoms with Crippen LogP contribution >= 0.6 is 0 Å². The number of nitrogens with zero attached hydrogens (tertiary/aromatic N) is 1. The van der Waals surface area contributed by atoms with Gasteiger partial charge in [-0.05, 0) is 42.8 Å². The predicted molar refractivity (Wildman–Crippen MR) is 90.1 cm³/mol. The topological polar surface area (TPSA) is 69.0 Å². The van der Waals surface area contributed by atoms with E-state index in [9.17, 15) is 9.59 Å². The number of ether oxygens (including phenoxy) is 2. The molecular weight excluding hydrogens is 322 g/mol. The van der Waals surface area contributed by atoms with Gasteiger partial charge in [-0.1, -0.05) is 6.92 Å². The third-order valence-electron chi connectivity index (χ3n) is 3.99. The van der Waals surface area contributed by atoms with Crippen molar-refractivity contribution in [3.8, 4) is 11.5 Å². The Morgan fingerprint density at radius 3 is 2.68 bits per heavy atom. The van der Waals surface area contributed by atoms with E-state index in [0.29, 0.717) is 31.2 Å². The number of benzene rings is 1. The number of carbonyl (C=O) groups is 2. The molecule has 1 aliphatic rings. The fourth-order valence-corrected chi connectivity index (χ4v) is 2.70. The molecule has 1 saturated heterocycles. The van der Waals surface area contributed by atoms with E-state index < -0.39 is 11.9 Å². The third kappa shape index (κ3) is 4.41. The van der Waals surface area contributed by atoms with E-state index in [1.807, 2.05) is 6.92 Å². The van der Waals surface area contributed by atoms with Crippen LogP contribution in [0.5, 0.6) is 11.5 Å². The van der Waals surface area contributed by atoms with Gasteiger partial charge in [-0.2, -0.15) is 0 Å². The van der Waals surface area contributed by atoms with E-state index >= 15 is 0 Å². The Hall–Kier alpha value is -2.76. The van der Waals surface area contributed by atoms with Crippen molar-refractivity contribution in [1.82, 2.24) is 4.90 Å². The molecule has 1 aliphatic heterocycles. The summed E-state index contributed by atoms with van der Waals surface area (Å²) in [5.74, 6) is 0.968. The second-order valence-corrected chi connectivity index (χ2v) is 6.00. The largest absolute Gasteiger partial charge is 0.494 e. The van der Waals surface area contributed by atoms with Crippen molar-refractivity contribution in [2.75, 3.05) is 13.2 Å². The Morgan fingerprint density at radius 1 is 1.24 bits per heavy atom. The number of hydrogen-bond acceptors (Lipinski definition) is 5. The number of hydrogen-bond donors (Lipinski definition) is 0. The first-order chi connectivity index (χ1) is 12.2. The molecule has 1 atom stereocenters. The van der Waals surface area contributed by atoms with Crippen molar-refractivity contribution in [3.05, 3.63) is 48.4 Å². The molecule has 1 amide bonds. The van der Waals surface area contributed by atoms with Crippen LogP contribution in [0.25, 0.3) is 0 Å². The van der Waals surface area contributed by atoms with Gasteiger partial charge in [0.15, 0.2) is 0 Å². The van der Waals surface area contributed by atoms with Crippen LogP contribution in [0.2, 0.25) is 0 Å². The first kappa shape index (κ1) is 17.1. The molecule has 0 spiro atoms. The summed E-state index contributed by atoms with van der Waals surface area (Å²) in [5.41, 5.74) is 0. The van der Waals surface area contributed by atoms with Gasteiger partial charge in [0, 0.05) is 13.0 Å². The molecule has 2 aromatic rings. The lowest BCUT2D eigenvalue weighted by Gasteiger charge is -2.14. The van der Waals surface area contributed by atoms with E-state index in [1.165, 1.54) is 0 Å². The SMILES string of the molecule is CCCOc1ccc(OC(=O)C2CC(=O)N(Cc3ccco3)C2)cc1. The summed E-state index contributed by atoms with van der Waals surface area (Å²) >= 11 is 0. The second-order valence-electron chi connectivity index (χ2n) is 6.00. The van der Waals surface area contributed by atoms with Crippen LogP contribution in [0.15, 0.2) is 47.1 Å². The van der Waals surface area contributed by atoms with E-state index in [0.717, 1.165) is 12.2 Å². The molecule has 3 rings (SSSR count). The van der Waals surface area contributed by atoms with Gasteiger partial charge in [-0.3, -0.25) is 9.59 Å². The number of likely N-dealkylation sites (tertiary alicyclic amines) is 1. The molecule has 0 bridgehead atoms. The maximum atomic E-state index is 12.3. The van der Waals surface area contributed by atoms with Crippen molar-refractivity contribution in [2.24, 2.45) is 5.92 Å². The highest BCUT2D eigenvalue weighted by Gasteiger charge is 2.35. The highest BCUT2D eigenvalue weighted by Crippen LogP contribution is 2.24. The Morgan fingerprint density at radius 2 is 2.00 bits per heavy atom. The molecular formula is C19H21NO5. The standard InChI is InChI=1S/C19H21NO5/c1-2-9-23-15-5-7-16(8-6-15)25-19(22)14-11-18(21)20(12-14)13-17-4-3-10-24-17/h3-8,10,14H,2,9,11-13H2,1H3. The van der Waals surface area contributed by atoms with E-state index in [4.69, 9.17) is 13.9 Å². The van der Waals surface area contributed by atoms with Gasteiger partial charge in [0.1, 0.15) is 17.3 Å². The number of furan rings is 1. The molecule has 25 heavy (non-hydrogen) atoms. The second kappa shape index (κ2) is 7.88. The van der Waals surface area contributed by atoms with Gasteiger partial charge < -0.3 is 18.8 Å². The van der Waals surface area contributed by atoms with Crippen molar-refractivity contribution in [2.45, 2.75) is 26.3 Å². The molecule has 132 valence electrons. The molecule has 1 unspecified atom stereocenters. The zero-order chi connectivity index (χ0) is 17.6. The van der Waals surface area contributed by atoms with Crippen LogP contribution < -0.4 is 9.47 Å². The maximum Gasteiger partial charge on any atom is 0.316 e. The maximum absolute atomic E-state index is 12.3. The zero-order valence-corrected chi connectivity index (χ0v) is 14.1. The molecule has 2 heterocycles.